The van der Waals surface area contributed by atoms with E-state index in [-0.39, 0.29) is 5.69 Å². The van der Waals surface area contributed by atoms with Crippen LogP contribution in [-0.2, 0) is 0 Å². The third-order valence-electron chi connectivity index (χ3n) is 2.73. The number of rotatable bonds is 4. The monoisotopic (exact) mass is 279 g/mol. The summed E-state index contributed by atoms with van der Waals surface area (Å²) in [6.07, 6.45) is 0. The number of hydrogen-bond acceptors (Lipinski definition) is 3. The number of benzene rings is 1. The van der Waals surface area contributed by atoms with Gasteiger partial charge in [-0.05, 0) is 25.5 Å². The number of hydrogen-bond donors (Lipinski definition) is 2. The van der Waals surface area contributed by atoms with E-state index in [1.54, 1.807) is 6.07 Å². The second-order valence-corrected chi connectivity index (χ2v) is 4.54. The molecule has 2 aromatic rings. The van der Waals surface area contributed by atoms with E-state index in [1.165, 1.54) is 0 Å². The minimum absolute atomic E-state index is 0.106. The van der Waals surface area contributed by atoms with E-state index < -0.39 is 5.91 Å². The van der Waals surface area contributed by atoms with E-state index in [2.05, 4.69) is 16.8 Å². The summed E-state index contributed by atoms with van der Waals surface area (Å²) in [6.45, 7) is 8.09. The first kappa shape index (κ1) is 13.4. The maximum atomic E-state index is 11.3. The van der Waals surface area contributed by atoms with Crippen LogP contribution in [0, 0.1) is 0 Å². The van der Waals surface area contributed by atoms with Gasteiger partial charge in [-0.1, -0.05) is 18.2 Å². The molecule has 0 bridgehead atoms. The number of aromatic nitrogens is 2. The summed E-state index contributed by atoms with van der Waals surface area (Å²) in [5, 5.41) is 7.53. The Morgan fingerprint density at radius 1 is 1.63 bits per heavy atom. The van der Waals surface area contributed by atoms with Crippen LogP contribution >= 0.6 is 11.6 Å². The minimum Gasteiger partial charge on any atom is -0.491 e. The molecule has 0 saturated carbocycles. The summed E-state index contributed by atoms with van der Waals surface area (Å²) in [6, 6.07) is 1.71. The predicted molar refractivity (Wildman–Crippen MR) is 75.5 cm³/mol. The molecule has 0 radical (unpaired) electrons. The quantitative estimate of drug-likeness (QED) is 0.903. The lowest BCUT2D eigenvalue weighted by atomic mass is 10.0. The molecule has 100 valence electrons. The van der Waals surface area contributed by atoms with Gasteiger partial charge in [-0.25, -0.2) is 0 Å². The number of nitrogens with two attached hydrogens (primary N) is 1. The molecule has 0 aliphatic heterocycles. The van der Waals surface area contributed by atoms with E-state index in [1.807, 2.05) is 13.8 Å². The third kappa shape index (κ3) is 2.17. The van der Waals surface area contributed by atoms with Crippen molar-refractivity contribution in [3.63, 3.8) is 0 Å². The maximum Gasteiger partial charge on any atom is 0.269 e. The number of amides is 1. The Kier molecular flexibility index (Phi) is 3.48. The van der Waals surface area contributed by atoms with Crippen molar-refractivity contribution < 1.29 is 9.53 Å². The molecule has 3 N–H and O–H groups in total. The van der Waals surface area contributed by atoms with Crippen LogP contribution in [-0.4, -0.2) is 22.7 Å². The fourth-order valence-corrected chi connectivity index (χ4v) is 2.22. The van der Waals surface area contributed by atoms with Crippen LogP contribution in [0.25, 0.3) is 16.5 Å². The van der Waals surface area contributed by atoms with E-state index in [9.17, 15) is 4.79 Å². The summed E-state index contributed by atoms with van der Waals surface area (Å²) < 4.78 is 5.62. The maximum absolute atomic E-state index is 11.3. The van der Waals surface area contributed by atoms with Gasteiger partial charge in [0.05, 0.1) is 17.0 Å². The van der Waals surface area contributed by atoms with E-state index in [0.29, 0.717) is 28.3 Å². The average Bonchev–Trinajstić information content (AvgIpc) is 2.77. The Bertz CT molecular complexity index is 676. The van der Waals surface area contributed by atoms with E-state index >= 15 is 0 Å². The first-order valence-corrected chi connectivity index (χ1v) is 6.14. The highest BCUT2D eigenvalue weighted by molar-refractivity contribution is 6.37. The Labute approximate surface area is 115 Å². The van der Waals surface area contributed by atoms with Gasteiger partial charge in [0.1, 0.15) is 5.52 Å². The Balaban J connectivity index is 2.86. The van der Waals surface area contributed by atoms with Crippen LogP contribution in [0.2, 0.25) is 5.02 Å². The van der Waals surface area contributed by atoms with Crippen molar-refractivity contribution in [1.29, 1.82) is 0 Å². The van der Waals surface area contributed by atoms with Crippen LogP contribution in [0.4, 0.5) is 0 Å². The molecule has 0 saturated heterocycles. The van der Waals surface area contributed by atoms with Gasteiger partial charge >= 0.3 is 0 Å². The number of halogens is 1. The lowest BCUT2D eigenvalue weighted by Crippen LogP contribution is -2.11. The van der Waals surface area contributed by atoms with Gasteiger partial charge in [0, 0.05) is 5.56 Å². The zero-order valence-corrected chi connectivity index (χ0v) is 11.5. The molecule has 0 fully saturated rings. The van der Waals surface area contributed by atoms with E-state index in [4.69, 9.17) is 22.1 Å². The van der Waals surface area contributed by atoms with Crippen molar-refractivity contribution in [3.8, 4) is 5.75 Å². The fourth-order valence-electron chi connectivity index (χ4n) is 1.93. The van der Waals surface area contributed by atoms with E-state index in [0.717, 1.165) is 11.1 Å². The van der Waals surface area contributed by atoms with Gasteiger partial charge < -0.3 is 10.5 Å². The molecule has 1 heterocycles. The van der Waals surface area contributed by atoms with Crippen molar-refractivity contribution >= 4 is 34.0 Å². The number of nitrogens with one attached hydrogen (secondary N) is 1. The molecule has 1 aromatic carbocycles. The van der Waals surface area contributed by atoms with Gasteiger partial charge in [0.15, 0.2) is 11.4 Å². The molecule has 0 unspecified atom stereocenters. The molecule has 1 aromatic heterocycles. The number of carbonyl (C=O) groups is 1. The second kappa shape index (κ2) is 4.93. The van der Waals surface area contributed by atoms with Crippen molar-refractivity contribution in [2.75, 3.05) is 6.61 Å². The molecule has 0 spiro atoms. The number of primary amides is 1. The number of carbonyl (C=O) groups excluding carboxylic acids is 1. The topological polar surface area (TPSA) is 81.0 Å². The summed E-state index contributed by atoms with van der Waals surface area (Å²) in [7, 11) is 0. The fraction of sp³-hybridized carbons (Fsp3) is 0.231. The van der Waals surface area contributed by atoms with Gasteiger partial charge in [-0.2, -0.15) is 5.10 Å². The van der Waals surface area contributed by atoms with Gasteiger partial charge in [-0.15, -0.1) is 0 Å². The number of fused-ring (bicyclic) bond motifs is 1. The number of allylic oxidation sites excluding steroid dienone is 1. The first-order chi connectivity index (χ1) is 8.97. The van der Waals surface area contributed by atoms with Crippen molar-refractivity contribution in [2.24, 2.45) is 5.73 Å². The molecule has 2 rings (SSSR count). The Hall–Kier alpha value is -2.01. The van der Waals surface area contributed by atoms with Crippen LogP contribution < -0.4 is 10.5 Å². The van der Waals surface area contributed by atoms with Crippen LogP contribution in [0.3, 0.4) is 0 Å². The molecular weight excluding hydrogens is 266 g/mol. The molecule has 19 heavy (non-hydrogen) atoms. The average molecular weight is 280 g/mol. The largest absolute Gasteiger partial charge is 0.491 e. The van der Waals surface area contributed by atoms with Crippen molar-refractivity contribution in [1.82, 2.24) is 10.2 Å². The van der Waals surface area contributed by atoms with Crippen molar-refractivity contribution in [2.45, 2.75) is 13.8 Å². The normalized spacial score (nSPS) is 10.7. The molecule has 0 atom stereocenters. The van der Waals surface area contributed by atoms with Gasteiger partial charge in [-0.3, -0.25) is 9.89 Å². The number of aromatic amines is 1. The van der Waals surface area contributed by atoms with Crippen LogP contribution in [0.5, 0.6) is 5.75 Å². The standard InChI is InChI=1S/C13H14ClN3O2/c1-4-19-12-7(6(2)3)5-8(14)9-10(12)16-17-11(9)13(15)18/h5H,2,4H2,1,3H3,(H2,15,18)(H,16,17). The molecule has 5 nitrogen and oxygen atoms in total. The second-order valence-electron chi connectivity index (χ2n) is 4.13. The highest BCUT2D eigenvalue weighted by Gasteiger charge is 2.20. The summed E-state index contributed by atoms with van der Waals surface area (Å²) in [5.74, 6) is -0.0620. The lowest BCUT2D eigenvalue weighted by Gasteiger charge is -2.12. The SMILES string of the molecule is C=C(C)c1cc(Cl)c2c(C(N)=O)n[nH]c2c1OCC. The molecular formula is C13H14ClN3O2. The van der Waals surface area contributed by atoms with Crippen molar-refractivity contribution in [3.05, 3.63) is 28.9 Å². The predicted octanol–water partition coefficient (Wildman–Crippen LogP) is 2.75. The number of H-pyrrole nitrogens is 1. The van der Waals surface area contributed by atoms with Gasteiger partial charge in [0.25, 0.3) is 5.91 Å². The Morgan fingerprint density at radius 2 is 2.32 bits per heavy atom. The zero-order chi connectivity index (χ0) is 14.2. The lowest BCUT2D eigenvalue weighted by molar-refractivity contribution is 0.0997. The first-order valence-electron chi connectivity index (χ1n) is 5.76. The molecule has 0 aliphatic carbocycles. The van der Waals surface area contributed by atoms with Crippen LogP contribution in [0.1, 0.15) is 29.9 Å². The highest BCUT2D eigenvalue weighted by atomic mass is 35.5. The van der Waals surface area contributed by atoms with Crippen LogP contribution in [0.15, 0.2) is 12.6 Å². The number of ether oxygens (including phenoxy) is 1. The molecule has 0 aliphatic rings. The summed E-state index contributed by atoms with van der Waals surface area (Å²) in [4.78, 5) is 11.3. The molecule has 6 heteroatoms. The highest BCUT2D eigenvalue weighted by Crippen LogP contribution is 2.38. The summed E-state index contributed by atoms with van der Waals surface area (Å²) >= 11 is 6.20. The summed E-state index contributed by atoms with van der Waals surface area (Å²) in [5.41, 5.74) is 7.52. The number of nitrogens with zero attached hydrogens (tertiary/aromatic N) is 1. The third-order valence-corrected chi connectivity index (χ3v) is 3.03. The zero-order valence-electron chi connectivity index (χ0n) is 10.7. The van der Waals surface area contributed by atoms with Gasteiger partial charge in [0.2, 0.25) is 0 Å². The molecule has 1 amide bonds. The smallest absolute Gasteiger partial charge is 0.269 e. The Morgan fingerprint density at radius 3 is 2.84 bits per heavy atom. The minimum atomic E-state index is -0.640.